The van der Waals surface area contributed by atoms with Crippen LogP contribution in [0.25, 0.3) is 11.3 Å². The molecule has 0 bridgehead atoms. The van der Waals surface area contributed by atoms with E-state index in [0.717, 1.165) is 5.69 Å². The van der Waals surface area contributed by atoms with E-state index in [1.54, 1.807) is 24.4 Å². The van der Waals surface area contributed by atoms with Crippen LogP contribution in [0.1, 0.15) is 33.9 Å². The molecule has 148 valence electrons. The molecule has 8 heteroatoms. The number of aliphatic hydroxyl groups is 1. The smallest absolute Gasteiger partial charge is 0.335 e. The molecule has 2 atom stereocenters. The van der Waals surface area contributed by atoms with Crippen LogP contribution < -0.4 is 5.32 Å². The Morgan fingerprint density at radius 1 is 1.21 bits per heavy atom. The van der Waals surface area contributed by atoms with E-state index >= 15 is 0 Å². The molecule has 2 aromatic heterocycles. The first-order valence-corrected chi connectivity index (χ1v) is 9.51. The number of benzene rings is 1. The van der Waals surface area contributed by atoms with E-state index in [9.17, 15) is 15.0 Å². The van der Waals surface area contributed by atoms with Gasteiger partial charge in [0.1, 0.15) is 17.6 Å². The van der Waals surface area contributed by atoms with Crippen molar-refractivity contribution in [3.8, 4) is 11.3 Å². The lowest BCUT2D eigenvalue weighted by atomic mass is 10.0. The van der Waals surface area contributed by atoms with Gasteiger partial charge in [-0.3, -0.25) is 4.98 Å². The molecule has 3 N–H and O–H groups in total. The fourth-order valence-electron chi connectivity index (χ4n) is 3.54. The molecule has 1 saturated heterocycles. The highest BCUT2D eigenvalue weighted by molar-refractivity contribution is 7.80. The molecule has 0 radical (unpaired) electrons. The van der Waals surface area contributed by atoms with Gasteiger partial charge in [0.2, 0.25) is 0 Å². The zero-order valence-corrected chi connectivity index (χ0v) is 16.2. The Morgan fingerprint density at radius 2 is 2.07 bits per heavy atom. The lowest BCUT2D eigenvalue weighted by Gasteiger charge is -2.25. The van der Waals surface area contributed by atoms with Gasteiger partial charge in [-0.05, 0) is 48.6 Å². The summed E-state index contributed by atoms with van der Waals surface area (Å²) in [5.41, 5.74) is 1.68. The average Bonchev–Trinajstić information content (AvgIpc) is 3.34. The Balaban J connectivity index is 1.72. The number of rotatable bonds is 6. The Labute approximate surface area is 172 Å². The van der Waals surface area contributed by atoms with Gasteiger partial charge in [-0.1, -0.05) is 18.2 Å². The van der Waals surface area contributed by atoms with E-state index < -0.39 is 5.97 Å². The molecule has 1 aromatic carbocycles. The number of carboxylic acid groups (broad SMARTS) is 1. The number of nitrogens with one attached hydrogen (secondary N) is 1. The van der Waals surface area contributed by atoms with Crippen molar-refractivity contribution in [1.29, 1.82) is 0 Å². The first-order valence-electron chi connectivity index (χ1n) is 9.11. The first-order chi connectivity index (χ1) is 14.1. The number of carboxylic acids is 1. The summed E-state index contributed by atoms with van der Waals surface area (Å²) in [7, 11) is 0. The molecule has 0 aliphatic carbocycles. The van der Waals surface area contributed by atoms with Crippen molar-refractivity contribution in [3.63, 3.8) is 0 Å². The summed E-state index contributed by atoms with van der Waals surface area (Å²) in [6.07, 6.45) is 1.72. The number of aromatic carboxylic acids is 1. The second-order valence-corrected chi connectivity index (χ2v) is 7.02. The first kappa shape index (κ1) is 19.1. The molecular weight excluding hydrogens is 390 g/mol. The maximum Gasteiger partial charge on any atom is 0.335 e. The van der Waals surface area contributed by atoms with E-state index in [2.05, 4.69) is 10.3 Å². The van der Waals surface area contributed by atoms with Crippen molar-refractivity contribution >= 4 is 23.3 Å². The molecule has 0 amide bonds. The van der Waals surface area contributed by atoms with Crippen LogP contribution in [0, 0.1) is 0 Å². The van der Waals surface area contributed by atoms with Gasteiger partial charge in [-0.2, -0.15) is 0 Å². The topological polar surface area (TPSA) is 98.8 Å². The average molecular weight is 409 g/mol. The molecule has 29 heavy (non-hydrogen) atoms. The third kappa shape index (κ3) is 3.72. The number of hydrogen-bond acceptors (Lipinski definition) is 5. The van der Waals surface area contributed by atoms with Crippen molar-refractivity contribution in [2.24, 2.45) is 0 Å². The molecular formula is C21H19N3O4S. The third-order valence-electron chi connectivity index (χ3n) is 4.85. The number of thiocarbonyl (C=S) groups is 1. The van der Waals surface area contributed by atoms with Crippen LogP contribution in [0.4, 0.5) is 0 Å². The van der Waals surface area contributed by atoms with Gasteiger partial charge in [-0.15, -0.1) is 0 Å². The van der Waals surface area contributed by atoms with Gasteiger partial charge >= 0.3 is 5.97 Å². The van der Waals surface area contributed by atoms with Crippen molar-refractivity contribution in [2.45, 2.75) is 12.1 Å². The zero-order valence-electron chi connectivity index (χ0n) is 15.4. The maximum atomic E-state index is 11.3. The van der Waals surface area contributed by atoms with Gasteiger partial charge < -0.3 is 24.8 Å². The number of aromatic nitrogens is 1. The highest BCUT2D eigenvalue weighted by Gasteiger charge is 2.41. The number of hydrogen-bond donors (Lipinski definition) is 3. The minimum Gasteiger partial charge on any atom is -0.478 e. The minimum absolute atomic E-state index is 0.0541. The number of β-amino-alcohol motifs (C(OH)–C–C–N with tert-alkyl or cyclic N) is 1. The van der Waals surface area contributed by atoms with Crippen molar-refractivity contribution in [1.82, 2.24) is 15.2 Å². The molecule has 1 aliphatic heterocycles. The Hall–Kier alpha value is -3.23. The fraction of sp³-hybridized carbons (Fsp3) is 0.190. The number of carbonyl (C=O) groups is 1. The summed E-state index contributed by atoms with van der Waals surface area (Å²) in [4.78, 5) is 17.6. The second-order valence-electron chi connectivity index (χ2n) is 6.63. The summed E-state index contributed by atoms with van der Waals surface area (Å²) in [6, 6.07) is 15.4. The third-order valence-corrected chi connectivity index (χ3v) is 5.20. The molecule has 0 spiro atoms. The zero-order chi connectivity index (χ0) is 20.4. The highest BCUT2D eigenvalue weighted by Crippen LogP contribution is 2.40. The van der Waals surface area contributed by atoms with Crippen molar-refractivity contribution in [3.05, 3.63) is 77.8 Å². The van der Waals surface area contributed by atoms with Gasteiger partial charge in [0.25, 0.3) is 0 Å². The monoisotopic (exact) mass is 409 g/mol. The van der Waals surface area contributed by atoms with E-state index in [1.807, 2.05) is 35.2 Å². The SMILES string of the molecule is O=C(O)c1cccc(-c2ccc([C@@H]3[C@H](c4ccccn4)NC(=S)N3CCO)o2)c1. The quantitative estimate of drug-likeness (QED) is 0.535. The van der Waals surface area contributed by atoms with E-state index in [1.165, 1.54) is 6.07 Å². The van der Waals surface area contributed by atoms with Crippen molar-refractivity contribution in [2.75, 3.05) is 13.2 Å². The summed E-state index contributed by atoms with van der Waals surface area (Å²) >= 11 is 5.48. The van der Waals surface area contributed by atoms with Crippen LogP contribution in [0.2, 0.25) is 0 Å². The Kier molecular flexibility index (Phi) is 5.28. The summed E-state index contributed by atoms with van der Waals surface area (Å²) in [5, 5.41) is 22.5. The molecule has 0 unspecified atom stereocenters. The molecule has 4 rings (SSSR count). The van der Waals surface area contributed by atoms with Crippen molar-refractivity contribution < 1.29 is 19.4 Å². The number of nitrogens with zero attached hydrogens (tertiary/aromatic N) is 2. The van der Waals surface area contributed by atoms with E-state index in [4.69, 9.17) is 16.6 Å². The minimum atomic E-state index is -0.992. The largest absolute Gasteiger partial charge is 0.478 e. The molecule has 7 nitrogen and oxygen atoms in total. The lowest BCUT2D eigenvalue weighted by Crippen LogP contribution is -2.32. The molecule has 3 aromatic rings. The lowest BCUT2D eigenvalue weighted by molar-refractivity contribution is 0.0697. The highest BCUT2D eigenvalue weighted by atomic mass is 32.1. The van der Waals surface area contributed by atoms with Crippen LogP contribution in [0.5, 0.6) is 0 Å². The van der Waals surface area contributed by atoms with Crippen LogP contribution in [-0.4, -0.2) is 44.3 Å². The van der Waals surface area contributed by atoms with E-state index in [0.29, 0.717) is 28.7 Å². The van der Waals surface area contributed by atoms with Gasteiger partial charge in [0, 0.05) is 18.3 Å². The number of aliphatic hydroxyl groups excluding tert-OH is 1. The molecule has 3 heterocycles. The molecule has 1 fully saturated rings. The number of furan rings is 1. The number of pyridine rings is 1. The predicted molar refractivity (Wildman–Crippen MR) is 110 cm³/mol. The van der Waals surface area contributed by atoms with Crippen LogP contribution in [-0.2, 0) is 0 Å². The molecule has 1 aliphatic rings. The van der Waals surface area contributed by atoms with E-state index in [-0.39, 0.29) is 24.3 Å². The maximum absolute atomic E-state index is 11.3. The van der Waals surface area contributed by atoms with Crippen LogP contribution in [0.3, 0.4) is 0 Å². The van der Waals surface area contributed by atoms with Gasteiger partial charge in [0.05, 0.1) is 23.9 Å². The Morgan fingerprint density at radius 3 is 2.79 bits per heavy atom. The second kappa shape index (κ2) is 8.02. The normalized spacial score (nSPS) is 18.7. The summed E-state index contributed by atoms with van der Waals surface area (Å²) in [6.45, 7) is 0.297. The molecule has 0 saturated carbocycles. The Bertz CT molecular complexity index is 1040. The van der Waals surface area contributed by atoms with Gasteiger partial charge in [-0.25, -0.2) is 4.79 Å². The summed E-state index contributed by atoms with van der Waals surface area (Å²) in [5.74, 6) is 0.218. The predicted octanol–water partition coefficient (Wildman–Crippen LogP) is 3.00. The van der Waals surface area contributed by atoms with Crippen LogP contribution >= 0.6 is 12.2 Å². The standard InChI is InChI=1S/C21H19N3O4S/c25-11-10-24-19(18(23-21(24)29)15-6-1-2-9-22-15)17-8-7-16(28-17)13-4-3-5-14(12-13)20(26)27/h1-9,12,18-19,25H,10-11H2,(H,23,29)(H,26,27)/t18-,19+/m0/s1. The fourth-order valence-corrected chi connectivity index (χ4v) is 3.87. The van der Waals surface area contributed by atoms with Crippen LogP contribution in [0.15, 0.2) is 65.2 Å². The van der Waals surface area contributed by atoms with Gasteiger partial charge in [0.15, 0.2) is 5.11 Å². The summed E-state index contributed by atoms with van der Waals surface area (Å²) < 4.78 is 6.12.